The lowest BCUT2D eigenvalue weighted by Crippen LogP contribution is -2.04. The number of anilines is 1. The average molecular weight is 234 g/mol. The Bertz CT molecular complexity index is 641. The lowest BCUT2D eigenvalue weighted by Gasteiger charge is -2.01. The number of benzene rings is 1. The van der Waals surface area contributed by atoms with Crippen LogP contribution in [0.2, 0.25) is 0 Å². The number of aryl methyl sites for hydroxylation is 1. The molecule has 1 aromatic heterocycles. The monoisotopic (exact) mass is 234 g/mol. The van der Waals surface area contributed by atoms with E-state index in [1.165, 1.54) is 12.1 Å². The first-order valence-corrected chi connectivity index (χ1v) is 4.82. The summed E-state index contributed by atoms with van der Waals surface area (Å²) >= 11 is 0. The second-order valence-corrected chi connectivity index (χ2v) is 3.65. The summed E-state index contributed by atoms with van der Waals surface area (Å²) < 4.78 is 0. The molecule has 2 aromatic rings. The molecule has 0 aliphatic carbocycles. The van der Waals surface area contributed by atoms with Gasteiger partial charge < -0.3 is 5.73 Å². The Labute approximate surface area is 95.4 Å². The number of nitrogens with one attached hydrogen (secondary N) is 2. The van der Waals surface area contributed by atoms with Gasteiger partial charge >= 0.3 is 0 Å². The van der Waals surface area contributed by atoms with Gasteiger partial charge in [-0.25, -0.2) is 0 Å². The molecule has 0 bridgehead atoms. The highest BCUT2D eigenvalue weighted by atomic mass is 16.6. The number of aromatic nitrogens is 2. The van der Waals surface area contributed by atoms with E-state index in [2.05, 4.69) is 10.2 Å². The number of aromatic amines is 2. The Morgan fingerprint density at radius 2 is 2.06 bits per heavy atom. The molecule has 88 valence electrons. The molecule has 1 aromatic carbocycles. The SMILES string of the molecule is Cc1ccc(-c2c(N)[nH][nH]c2=O)c([N+](=O)[O-])c1. The van der Waals surface area contributed by atoms with Crippen molar-refractivity contribution in [3.05, 3.63) is 44.2 Å². The first-order valence-electron chi connectivity index (χ1n) is 4.82. The third-order valence-electron chi connectivity index (χ3n) is 2.43. The van der Waals surface area contributed by atoms with Crippen molar-refractivity contribution < 1.29 is 4.92 Å². The average Bonchev–Trinajstić information content (AvgIpc) is 2.59. The van der Waals surface area contributed by atoms with Crippen LogP contribution in [0.15, 0.2) is 23.0 Å². The maximum absolute atomic E-state index is 11.5. The molecular weight excluding hydrogens is 224 g/mol. The molecule has 0 amide bonds. The zero-order chi connectivity index (χ0) is 12.6. The van der Waals surface area contributed by atoms with Gasteiger partial charge in [-0.3, -0.25) is 25.1 Å². The Hall–Kier alpha value is -2.57. The summed E-state index contributed by atoms with van der Waals surface area (Å²) in [6.07, 6.45) is 0. The van der Waals surface area contributed by atoms with Gasteiger partial charge in [0.15, 0.2) is 0 Å². The van der Waals surface area contributed by atoms with E-state index in [1.807, 2.05) is 0 Å². The molecule has 0 atom stereocenters. The lowest BCUT2D eigenvalue weighted by molar-refractivity contribution is -0.384. The third kappa shape index (κ3) is 1.78. The van der Waals surface area contributed by atoms with Crippen molar-refractivity contribution in [3.63, 3.8) is 0 Å². The van der Waals surface area contributed by atoms with Crippen molar-refractivity contribution in [2.45, 2.75) is 6.92 Å². The highest BCUT2D eigenvalue weighted by Crippen LogP contribution is 2.30. The fraction of sp³-hybridized carbons (Fsp3) is 0.100. The van der Waals surface area contributed by atoms with Gasteiger partial charge in [0.2, 0.25) is 0 Å². The normalized spacial score (nSPS) is 10.4. The van der Waals surface area contributed by atoms with Gasteiger partial charge in [0.05, 0.1) is 16.1 Å². The van der Waals surface area contributed by atoms with Crippen molar-refractivity contribution in [1.82, 2.24) is 10.2 Å². The van der Waals surface area contributed by atoms with Gasteiger partial charge in [-0.05, 0) is 18.6 Å². The molecule has 4 N–H and O–H groups in total. The van der Waals surface area contributed by atoms with Crippen molar-refractivity contribution in [3.8, 4) is 11.1 Å². The van der Waals surface area contributed by atoms with Gasteiger partial charge in [-0.15, -0.1) is 0 Å². The minimum atomic E-state index is -0.534. The van der Waals surface area contributed by atoms with Gasteiger partial charge in [0, 0.05) is 6.07 Å². The highest BCUT2D eigenvalue weighted by molar-refractivity contribution is 5.80. The van der Waals surface area contributed by atoms with E-state index in [-0.39, 0.29) is 22.6 Å². The number of nitrogens with zero attached hydrogens (tertiary/aromatic N) is 1. The fourth-order valence-corrected chi connectivity index (χ4v) is 1.64. The van der Waals surface area contributed by atoms with Gasteiger partial charge in [0.1, 0.15) is 5.82 Å². The van der Waals surface area contributed by atoms with Crippen LogP contribution in [0.25, 0.3) is 11.1 Å². The topological polar surface area (TPSA) is 118 Å². The number of rotatable bonds is 2. The number of hydrogen-bond acceptors (Lipinski definition) is 4. The standard InChI is InChI=1S/C10H10N4O3/c1-5-2-3-6(7(4-5)14(16)17)8-9(11)12-13-10(8)15/h2-4H,1H3,(H4,11,12,13,15). The van der Waals surface area contributed by atoms with Crippen LogP contribution in [0.3, 0.4) is 0 Å². The molecule has 0 spiro atoms. The molecule has 0 saturated heterocycles. The molecule has 17 heavy (non-hydrogen) atoms. The van der Waals surface area contributed by atoms with Crippen LogP contribution in [0.5, 0.6) is 0 Å². The van der Waals surface area contributed by atoms with Crippen LogP contribution in [0.4, 0.5) is 11.5 Å². The minimum absolute atomic E-state index is 0.0851. The molecule has 0 aliphatic rings. The first-order chi connectivity index (χ1) is 8.00. The van der Waals surface area contributed by atoms with Crippen molar-refractivity contribution >= 4 is 11.5 Å². The smallest absolute Gasteiger partial charge is 0.277 e. The summed E-state index contributed by atoms with van der Waals surface area (Å²) in [7, 11) is 0. The van der Waals surface area contributed by atoms with E-state index >= 15 is 0 Å². The quantitative estimate of drug-likeness (QED) is 0.533. The maximum Gasteiger partial charge on any atom is 0.277 e. The van der Waals surface area contributed by atoms with E-state index in [4.69, 9.17) is 5.73 Å². The molecule has 0 radical (unpaired) electrons. The second-order valence-electron chi connectivity index (χ2n) is 3.65. The van der Waals surface area contributed by atoms with Gasteiger partial charge in [0.25, 0.3) is 11.2 Å². The third-order valence-corrected chi connectivity index (χ3v) is 2.43. The minimum Gasteiger partial charge on any atom is -0.383 e. The summed E-state index contributed by atoms with van der Waals surface area (Å²) in [4.78, 5) is 21.9. The number of H-pyrrole nitrogens is 2. The van der Waals surface area contributed by atoms with Gasteiger partial charge in [-0.2, -0.15) is 0 Å². The van der Waals surface area contributed by atoms with Crippen LogP contribution in [-0.2, 0) is 0 Å². The number of nitrogens with two attached hydrogens (primary N) is 1. The van der Waals surface area contributed by atoms with Crippen molar-refractivity contribution in [1.29, 1.82) is 0 Å². The Kier molecular flexibility index (Phi) is 2.43. The predicted molar refractivity (Wildman–Crippen MR) is 62.7 cm³/mol. The van der Waals surface area contributed by atoms with Crippen LogP contribution in [0.1, 0.15) is 5.56 Å². The first kappa shape index (κ1) is 10.9. The Morgan fingerprint density at radius 1 is 1.35 bits per heavy atom. The second kappa shape index (κ2) is 3.78. The summed E-state index contributed by atoms with van der Waals surface area (Å²) in [6, 6.07) is 4.61. The van der Waals surface area contributed by atoms with Crippen molar-refractivity contribution in [2.75, 3.05) is 5.73 Å². The molecule has 2 rings (SSSR count). The van der Waals surface area contributed by atoms with E-state index in [0.717, 1.165) is 5.56 Å². The van der Waals surface area contributed by atoms with E-state index < -0.39 is 10.5 Å². The van der Waals surface area contributed by atoms with Crippen LogP contribution in [0, 0.1) is 17.0 Å². The highest BCUT2D eigenvalue weighted by Gasteiger charge is 2.20. The number of hydrogen-bond donors (Lipinski definition) is 3. The summed E-state index contributed by atoms with van der Waals surface area (Å²) in [5, 5.41) is 15.7. The largest absolute Gasteiger partial charge is 0.383 e. The molecule has 7 nitrogen and oxygen atoms in total. The molecule has 0 fully saturated rings. The summed E-state index contributed by atoms with van der Waals surface area (Å²) in [5.41, 5.74) is 6.00. The number of nitro benzene ring substituents is 1. The zero-order valence-electron chi connectivity index (χ0n) is 8.98. The molecule has 0 saturated carbocycles. The maximum atomic E-state index is 11.5. The van der Waals surface area contributed by atoms with E-state index in [0.29, 0.717) is 0 Å². The van der Waals surface area contributed by atoms with E-state index in [1.54, 1.807) is 13.0 Å². The lowest BCUT2D eigenvalue weighted by atomic mass is 10.0. The summed E-state index contributed by atoms with van der Waals surface area (Å²) in [6.45, 7) is 1.74. The Morgan fingerprint density at radius 3 is 2.59 bits per heavy atom. The molecular formula is C10H10N4O3. The van der Waals surface area contributed by atoms with Crippen molar-refractivity contribution in [2.24, 2.45) is 0 Å². The molecule has 0 aliphatic heterocycles. The number of nitrogen functional groups attached to an aromatic ring is 1. The number of nitro groups is 1. The van der Waals surface area contributed by atoms with Crippen LogP contribution >= 0.6 is 0 Å². The molecule has 7 heteroatoms. The van der Waals surface area contributed by atoms with Crippen LogP contribution < -0.4 is 11.3 Å². The fourth-order valence-electron chi connectivity index (χ4n) is 1.64. The predicted octanol–water partition coefficient (Wildman–Crippen LogP) is 1.17. The Balaban J connectivity index is 2.76. The summed E-state index contributed by atoms with van der Waals surface area (Å²) in [5.74, 6) is 0.0851. The molecule has 0 unspecified atom stereocenters. The van der Waals surface area contributed by atoms with Crippen LogP contribution in [-0.4, -0.2) is 15.1 Å². The molecule has 1 heterocycles. The van der Waals surface area contributed by atoms with Gasteiger partial charge in [-0.1, -0.05) is 6.07 Å². The zero-order valence-corrected chi connectivity index (χ0v) is 8.98. The van der Waals surface area contributed by atoms with E-state index in [9.17, 15) is 14.9 Å².